The Hall–Kier alpha value is -2.95. The minimum absolute atomic E-state index is 0.118. The fourth-order valence-electron chi connectivity index (χ4n) is 2.07. The molecule has 0 bridgehead atoms. The first-order chi connectivity index (χ1) is 11.1. The third-order valence-electron chi connectivity index (χ3n) is 3.30. The molecular weight excluding hydrogens is 296 g/mol. The number of hydrogen-bond donors (Lipinski definition) is 1. The highest BCUT2D eigenvalue weighted by Gasteiger charge is 2.10. The second-order valence-electron chi connectivity index (χ2n) is 4.69. The summed E-state index contributed by atoms with van der Waals surface area (Å²) >= 11 is 0. The van der Waals surface area contributed by atoms with Gasteiger partial charge in [0.15, 0.2) is 17.3 Å². The number of carbonyl (C=O) groups is 1. The van der Waals surface area contributed by atoms with E-state index in [-0.39, 0.29) is 11.5 Å². The van der Waals surface area contributed by atoms with Crippen LogP contribution in [-0.2, 0) is 0 Å². The van der Waals surface area contributed by atoms with Gasteiger partial charge in [-0.05, 0) is 42.5 Å². The van der Waals surface area contributed by atoms with Gasteiger partial charge in [0.05, 0.1) is 21.3 Å². The molecule has 0 aliphatic carbocycles. The maximum Gasteiger partial charge on any atom is 0.185 e. The van der Waals surface area contributed by atoms with Crippen molar-refractivity contribution in [1.29, 1.82) is 0 Å². The van der Waals surface area contributed by atoms with Gasteiger partial charge in [-0.1, -0.05) is 0 Å². The van der Waals surface area contributed by atoms with Crippen molar-refractivity contribution in [2.45, 2.75) is 0 Å². The lowest BCUT2D eigenvalue weighted by atomic mass is 10.1. The van der Waals surface area contributed by atoms with Crippen LogP contribution in [0.2, 0.25) is 0 Å². The Balaban J connectivity index is 2.30. The number of hydrogen-bond acceptors (Lipinski definition) is 5. The molecule has 2 rings (SSSR count). The number of allylic oxidation sites excluding steroid dienone is 1. The average molecular weight is 314 g/mol. The van der Waals surface area contributed by atoms with Crippen LogP contribution >= 0.6 is 0 Å². The van der Waals surface area contributed by atoms with E-state index in [4.69, 9.17) is 14.2 Å². The van der Waals surface area contributed by atoms with E-state index >= 15 is 0 Å². The van der Waals surface area contributed by atoms with Crippen molar-refractivity contribution in [2.24, 2.45) is 0 Å². The molecule has 5 heteroatoms. The monoisotopic (exact) mass is 314 g/mol. The molecule has 0 fully saturated rings. The summed E-state index contributed by atoms with van der Waals surface area (Å²) in [5.74, 6) is 1.60. The first kappa shape index (κ1) is 16.4. The van der Waals surface area contributed by atoms with Gasteiger partial charge < -0.3 is 19.3 Å². The first-order valence-corrected chi connectivity index (χ1v) is 6.90. The topological polar surface area (TPSA) is 65.0 Å². The summed E-state index contributed by atoms with van der Waals surface area (Å²) < 4.78 is 15.8. The summed E-state index contributed by atoms with van der Waals surface area (Å²) in [4.78, 5) is 12.1. The Labute approximate surface area is 134 Å². The van der Waals surface area contributed by atoms with Crippen LogP contribution in [0.1, 0.15) is 15.9 Å². The van der Waals surface area contributed by atoms with Crippen molar-refractivity contribution in [1.82, 2.24) is 0 Å². The smallest absolute Gasteiger partial charge is 0.185 e. The van der Waals surface area contributed by atoms with Gasteiger partial charge in [-0.15, -0.1) is 0 Å². The fourth-order valence-corrected chi connectivity index (χ4v) is 2.07. The molecule has 0 heterocycles. The summed E-state index contributed by atoms with van der Waals surface area (Å²) in [6.45, 7) is 0. The molecule has 0 unspecified atom stereocenters. The molecule has 23 heavy (non-hydrogen) atoms. The molecule has 0 spiro atoms. The minimum atomic E-state index is -0.179. The molecule has 0 aliphatic rings. The second kappa shape index (κ2) is 7.35. The molecule has 2 aromatic rings. The highest BCUT2D eigenvalue weighted by molar-refractivity contribution is 6.07. The summed E-state index contributed by atoms with van der Waals surface area (Å²) in [6, 6.07) is 9.50. The van der Waals surface area contributed by atoms with Gasteiger partial charge in [-0.3, -0.25) is 4.79 Å². The molecule has 0 atom stereocenters. The molecular formula is C18H18O5. The number of phenolic OH excluding ortho intramolecular Hbond substituents is 1. The number of benzene rings is 2. The molecule has 2 aromatic carbocycles. The SMILES string of the molecule is COc1cc(OC)c(OC)cc1/C=C/C(=O)c1ccc(O)cc1. The molecule has 5 nitrogen and oxygen atoms in total. The van der Waals surface area contributed by atoms with Crippen molar-refractivity contribution in [3.05, 3.63) is 53.6 Å². The zero-order valence-corrected chi connectivity index (χ0v) is 13.2. The number of phenols is 1. The van der Waals surface area contributed by atoms with E-state index in [1.165, 1.54) is 18.2 Å². The van der Waals surface area contributed by atoms with Crippen molar-refractivity contribution in [3.8, 4) is 23.0 Å². The van der Waals surface area contributed by atoms with Crippen LogP contribution in [0, 0.1) is 0 Å². The van der Waals surface area contributed by atoms with E-state index in [9.17, 15) is 9.90 Å². The predicted molar refractivity (Wildman–Crippen MR) is 87.6 cm³/mol. The highest BCUT2D eigenvalue weighted by atomic mass is 16.5. The summed E-state index contributed by atoms with van der Waals surface area (Å²) in [5.41, 5.74) is 1.18. The summed E-state index contributed by atoms with van der Waals surface area (Å²) in [6.07, 6.45) is 3.09. The van der Waals surface area contributed by atoms with Crippen LogP contribution in [0.5, 0.6) is 23.0 Å². The van der Waals surface area contributed by atoms with E-state index in [1.807, 2.05) is 0 Å². The maximum atomic E-state index is 12.1. The Morgan fingerprint density at radius 3 is 2.04 bits per heavy atom. The van der Waals surface area contributed by atoms with E-state index in [1.54, 1.807) is 51.7 Å². The normalized spacial score (nSPS) is 10.6. The third kappa shape index (κ3) is 3.83. The van der Waals surface area contributed by atoms with Gasteiger partial charge in [0.25, 0.3) is 0 Å². The van der Waals surface area contributed by atoms with E-state index in [2.05, 4.69) is 0 Å². The molecule has 0 amide bonds. The maximum absolute atomic E-state index is 12.1. The van der Waals surface area contributed by atoms with Gasteiger partial charge in [0, 0.05) is 17.2 Å². The van der Waals surface area contributed by atoms with E-state index in [0.717, 1.165) is 0 Å². The largest absolute Gasteiger partial charge is 0.508 e. The Morgan fingerprint density at radius 1 is 0.913 bits per heavy atom. The van der Waals surface area contributed by atoms with Crippen LogP contribution < -0.4 is 14.2 Å². The molecule has 0 aromatic heterocycles. The van der Waals surface area contributed by atoms with Crippen molar-refractivity contribution >= 4 is 11.9 Å². The second-order valence-corrected chi connectivity index (χ2v) is 4.69. The minimum Gasteiger partial charge on any atom is -0.508 e. The molecule has 0 radical (unpaired) electrons. The average Bonchev–Trinajstić information content (AvgIpc) is 2.59. The molecule has 1 N–H and O–H groups in total. The Kier molecular flexibility index (Phi) is 5.25. The lowest BCUT2D eigenvalue weighted by molar-refractivity contribution is 0.104. The lowest BCUT2D eigenvalue weighted by Crippen LogP contribution is -1.96. The van der Waals surface area contributed by atoms with E-state index < -0.39 is 0 Å². The number of ketones is 1. The zero-order valence-electron chi connectivity index (χ0n) is 13.2. The van der Waals surface area contributed by atoms with Gasteiger partial charge in [-0.25, -0.2) is 0 Å². The van der Waals surface area contributed by atoms with Gasteiger partial charge >= 0.3 is 0 Å². The molecule has 120 valence electrons. The number of carbonyl (C=O) groups excluding carboxylic acids is 1. The van der Waals surface area contributed by atoms with Gasteiger partial charge in [-0.2, -0.15) is 0 Å². The van der Waals surface area contributed by atoms with Crippen LogP contribution in [-0.4, -0.2) is 32.2 Å². The summed E-state index contributed by atoms with van der Waals surface area (Å²) in [5, 5.41) is 9.25. The van der Waals surface area contributed by atoms with Crippen LogP contribution in [0.25, 0.3) is 6.08 Å². The van der Waals surface area contributed by atoms with Crippen LogP contribution in [0.3, 0.4) is 0 Å². The van der Waals surface area contributed by atoms with Crippen LogP contribution in [0.15, 0.2) is 42.5 Å². The first-order valence-electron chi connectivity index (χ1n) is 6.90. The zero-order chi connectivity index (χ0) is 16.8. The van der Waals surface area contributed by atoms with Crippen molar-refractivity contribution < 1.29 is 24.1 Å². The van der Waals surface area contributed by atoms with Crippen molar-refractivity contribution in [3.63, 3.8) is 0 Å². The predicted octanol–water partition coefficient (Wildman–Crippen LogP) is 3.31. The summed E-state index contributed by atoms with van der Waals surface area (Å²) in [7, 11) is 4.63. The van der Waals surface area contributed by atoms with Crippen LogP contribution in [0.4, 0.5) is 0 Å². The lowest BCUT2D eigenvalue weighted by Gasteiger charge is -2.12. The third-order valence-corrected chi connectivity index (χ3v) is 3.30. The standard InChI is InChI=1S/C18H18O5/c1-21-16-11-18(23-3)17(22-2)10-13(16)6-9-15(20)12-4-7-14(19)8-5-12/h4-11,19H,1-3H3/b9-6+. The van der Waals surface area contributed by atoms with E-state index in [0.29, 0.717) is 28.4 Å². The van der Waals surface area contributed by atoms with Gasteiger partial charge in [0.2, 0.25) is 0 Å². The van der Waals surface area contributed by atoms with Gasteiger partial charge in [0.1, 0.15) is 11.5 Å². The van der Waals surface area contributed by atoms with Crippen molar-refractivity contribution in [2.75, 3.05) is 21.3 Å². The number of methoxy groups -OCH3 is 3. The molecule has 0 saturated heterocycles. The fraction of sp³-hybridized carbons (Fsp3) is 0.167. The molecule has 0 saturated carbocycles. The number of aromatic hydroxyl groups is 1. The Morgan fingerprint density at radius 2 is 1.48 bits per heavy atom. The number of ether oxygens (including phenoxy) is 3. The quantitative estimate of drug-likeness (QED) is 0.654. The molecule has 0 aliphatic heterocycles. The number of rotatable bonds is 6. The Bertz CT molecular complexity index is 717. The highest BCUT2D eigenvalue weighted by Crippen LogP contribution is 2.35.